The van der Waals surface area contributed by atoms with E-state index in [0.717, 1.165) is 0 Å². The maximum absolute atomic E-state index is 10.5. The summed E-state index contributed by atoms with van der Waals surface area (Å²) >= 11 is 0. The third-order valence-corrected chi connectivity index (χ3v) is 1.38. The fourth-order valence-corrected chi connectivity index (χ4v) is 0.877. The van der Waals surface area contributed by atoms with Crippen LogP contribution in [0.4, 0.5) is 0 Å². The quantitative estimate of drug-likeness (QED) is 0.723. The lowest BCUT2D eigenvalue weighted by molar-refractivity contribution is 0.0689. The first-order chi connectivity index (χ1) is 6.09. The van der Waals surface area contributed by atoms with E-state index in [4.69, 9.17) is 5.11 Å². The number of carboxylic acid groups (broad SMARTS) is 1. The van der Waals surface area contributed by atoms with Gasteiger partial charge in [-0.2, -0.15) is 0 Å². The van der Waals surface area contributed by atoms with Crippen LogP contribution in [0.2, 0.25) is 0 Å². The molecule has 0 aliphatic rings. The van der Waals surface area contributed by atoms with E-state index in [0.29, 0.717) is 12.4 Å². The van der Waals surface area contributed by atoms with Gasteiger partial charge in [-0.05, 0) is 20.2 Å². The lowest BCUT2D eigenvalue weighted by atomic mass is 10.4. The van der Waals surface area contributed by atoms with Crippen LogP contribution in [-0.2, 0) is 6.54 Å². The fraction of sp³-hybridized carbons (Fsp3) is 0.375. The molecule has 0 spiro atoms. The first-order valence-corrected chi connectivity index (χ1v) is 3.79. The zero-order valence-corrected chi connectivity index (χ0v) is 7.56. The van der Waals surface area contributed by atoms with Gasteiger partial charge in [0.05, 0.1) is 6.54 Å². The Labute approximate surface area is 76.0 Å². The van der Waals surface area contributed by atoms with E-state index in [-0.39, 0.29) is 5.69 Å². The average molecular weight is 181 g/mol. The molecule has 1 N–H and O–H groups in total. The third-order valence-electron chi connectivity index (χ3n) is 1.38. The molecule has 0 amide bonds. The minimum atomic E-state index is -1.03. The minimum absolute atomic E-state index is 0.0341. The van der Waals surface area contributed by atoms with Crippen LogP contribution in [0.5, 0.6) is 0 Å². The standard InChI is InChI=1S/C8H11N3O2/c1-11(2)5-7-9-4-3-6(10-7)8(12)13/h3-4H,5H2,1-2H3,(H,12,13). The number of nitrogens with zero attached hydrogens (tertiary/aromatic N) is 3. The normalized spacial score (nSPS) is 10.4. The van der Waals surface area contributed by atoms with Crippen LogP contribution < -0.4 is 0 Å². The van der Waals surface area contributed by atoms with Crippen LogP contribution in [-0.4, -0.2) is 40.0 Å². The van der Waals surface area contributed by atoms with Gasteiger partial charge in [0.2, 0.25) is 0 Å². The summed E-state index contributed by atoms with van der Waals surface area (Å²) in [4.78, 5) is 20.2. The van der Waals surface area contributed by atoms with Crippen LogP contribution in [0.15, 0.2) is 12.3 Å². The van der Waals surface area contributed by atoms with E-state index < -0.39 is 5.97 Å². The van der Waals surface area contributed by atoms with Crippen LogP contribution in [0.3, 0.4) is 0 Å². The summed E-state index contributed by atoms with van der Waals surface area (Å²) in [5.41, 5.74) is 0.0341. The van der Waals surface area contributed by atoms with Gasteiger partial charge in [0.1, 0.15) is 5.82 Å². The van der Waals surface area contributed by atoms with Gasteiger partial charge < -0.3 is 10.0 Å². The monoisotopic (exact) mass is 181 g/mol. The highest BCUT2D eigenvalue weighted by Crippen LogP contribution is 1.97. The molecule has 5 heteroatoms. The van der Waals surface area contributed by atoms with Gasteiger partial charge >= 0.3 is 5.97 Å². The lowest BCUT2D eigenvalue weighted by Gasteiger charge is -2.07. The van der Waals surface area contributed by atoms with Gasteiger partial charge in [-0.1, -0.05) is 0 Å². The highest BCUT2D eigenvalue weighted by Gasteiger charge is 2.06. The summed E-state index contributed by atoms with van der Waals surface area (Å²) in [5, 5.41) is 8.64. The van der Waals surface area contributed by atoms with Crippen LogP contribution in [0.1, 0.15) is 16.3 Å². The highest BCUT2D eigenvalue weighted by atomic mass is 16.4. The van der Waals surface area contributed by atoms with Crippen molar-refractivity contribution in [2.45, 2.75) is 6.54 Å². The highest BCUT2D eigenvalue weighted by molar-refractivity contribution is 5.85. The van der Waals surface area contributed by atoms with E-state index in [1.807, 2.05) is 19.0 Å². The van der Waals surface area contributed by atoms with Crippen molar-refractivity contribution in [2.24, 2.45) is 0 Å². The van der Waals surface area contributed by atoms with Crippen molar-refractivity contribution >= 4 is 5.97 Å². The Balaban J connectivity index is 2.85. The van der Waals surface area contributed by atoms with E-state index in [9.17, 15) is 4.79 Å². The number of rotatable bonds is 3. The molecule has 0 aliphatic heterocycles. The SMILES string of the molecule is CN(C)Cc1nccc(C(=O)O)n1. The Morgan fingerprint density at radius 3 is 2.85 bits per heavy atom. The van der Waals surface area contributed by atoms with E-state index in [1.165, 1.54) is 12.3 Å². The van der Waals surface area contributed by atoms with Crippen molar-refractivity contribution in [2.75, 3.05) is 14.1 Å². The Kier molecular flexibility index (Phi) is 2.92. The molecule has 1 heterocycles. The van der Waals surface area contributed by atoms with Gasteiger partial charge in [0, 0.05) is 6.20 Å². The molecule has 0 radical (unpaired) electrons. The smallest absolute Gasteiger partial charge is 0.354 e. The molecule has 0 atom stereocenters. The van der Waals surface area contributed by atoms with Crippen molar-refractivity contribution < 1.29 is 9.90 Å². The third kappa shape index (κ3) is 2.79. The van der Waals surface area contributed by atoms with Gasteiger partial charge in [0.25, 0.3) is 0 Å². The summed E-state index contributed by atoms with van der Waals surface area (Å²) in [6.07, 6.45) is 1.45. The molecular formula is C8H11N3O2. The van der Waals surface area contributed by atoms with Gasteiger partial charge in [-0.15, -0.1) is 0 Å². The summed E-state index contributed by atoms with van der Waals surface area (Å²) in [6.45, 7) is 0.543. The Morgan fingerprint density at radius 2 is 2.31 bits per heavy atom. The molecule has 0 bridgehead atoms. The Morgan fingerprint density at radius 1 is 1.62 bits per heavy atom. The largest absolute Gasteiger partial charge is 0.477 e. The van der Waals surface area contributed by atoms with E-state index in [2.05, 4.69) is 9.97 Å². The number of hydrogen-bond acceptors (Lipinski definition) is 4. The molecule has 0 aromatic carbocycles. The lowest BCUT2D eigenvalue weighted by Crippen LogP contribution is -2.14. The van der Waals surface area contributed by atoms with Crippen LogP contribution in [0.25, 0.3) is 0 Å². The molecule has 1 aromatic rings. The van der Waals surface area contributed by atoms with Crippen molar-refractivity contribution in [1.29, 1.82) is 0 Å². The number of hydrogen-bond donors (Lipinski definition) is 1. The molecule has 1 rings (SSSR count). The summed E-state index contributed by atoms with van der Waals surface area (Å²) in [6, 6.07) is 1.38. The van der Waals surface area contributed by atoms with E-state index in [1.54, 1.807) is 0 Å². The maximum atomic E-state index is 10.5. The second-order valence-electron chi connectivity index (χ2n) is 2.90. The molecule has 0 unspecified atom stereocenters. The van der Waals surface area contributed by atoms with Gasteiger partial charge in [-0.25, -0.2) is 14.8 Å². The Bertz CT molecular complexity index is 312. The topological polar surface area (TPSA) is 66.3 Å². The summed E-state index contributed by atoms with van der Waals surface area (Å²) in [5.74, 6) is -0.507. The fourth-order valence-electron chi connectivity index (χ4n) is 0.877. The number of aromatic carboxylic acids is 1. The molecule has 1 aromatic heterocycles. The first kappa shape index (κ1) is 9.60. The zero-order valence-electron chi connectivity index (χ0n) is 7.56. The number of carbonyl (C=O) groups is 1. The molecular weight excluding hydrogens is 170 g/mol. The van der Waals surface area contributed by atoms with Gasteiger partial charge in [-0.3, -0.25) is 0 Å². The van der Waals surface area contributed by atoms with Gasteiger partial charge in [0.15, 0.2) is 5.69 Å². The predicted octanol–water partition coefficient (Wildman–Crippen LogP) is 0.236. The first-order valence-electron chi connectivity index (χ1n) is 3.79. The van der Waals surface area contributed by atoms with Crippen molar-refractivity contribution in [3.63, 3.8) is 0 Å². The molecule has 13 heavy (non-hydrogen) atoms. The molecule has 70 valence electrons. The van der Waals surface area contributed by atoms with Crippen molar-refractivity contribution in [1.82, 2.24) is 14.9 Å². The molecule has 0 saturated heterocycles. The van der Waals surface area contributed by atoms with Crippen LogP contribution in [0, 0.1) is 0 Å². The molecule has 0 fully saturated rings. The van der Waals surface area contributed by atoms with E-state index >= 15 is 0 Å². The second kappa shape index (κ2) is 3.95. The second-order valence-corrected chi connectivity index (χ2v) is 2.90. The van der Waals surface area contributed by atoms with Crippen molar-refractivity contribution in [3.05, 3.63) is 23.8 Å². The number of carboxylic acids is 1. The Hall–Kier alpha value is -1.49. The molecule has 0 saturated carbocycles. The zero-order chi connectivity index (χ0) is 9.84. The molecule has 5 nitrogen and oxygen atoms in total. The van der Waals surface area contributed by atoms with Crippen molar-refractivity contribution in [3.8, 4) is 0 Å². The maximum Gasteiger partial charge on any atom is 0.354 e. The predicted molar refractivity (Wildman–Crippen MR) is 46.4 cm³/mol. The number of aromatic nitrogens is 2. The summed E-state index contributed by atoms with van der Waals surface area (Å²) < 4.78 is 0. The summed E-state index contributed by atoms with van der Waals surface area (Å²) in [7, 11) is 3.74. The van der Waals surface area contributed by atoms with Crippen LogP contribution >= 0.6 is 0 Å². The molecule has 0 aliphatic carbocycles. The average Bonchev–Trinajstić information content (AvgIpc) is 2.03. The minimum Gasteiger partial charge on any atom is -0.477 e.